The molecule has 0 fully saturated rings. The summed E-state index contributed by atoms with van der Waals surface area (Å²) < 4.78 is 0. The second-order valence-corrected chi connectivity index (χ2v) is 6.86. The van der Waals surface area contributed by atoms with Gasteiger partial charge >= 0.3 is 0 Å². The van der Waals surface area contributed by atoms with Crippen LogP contribution in [0, 0.1) is 0 Å². The highest BCUT2D eigenvalue weighted by Gasteiger charge is 2.09. The first-order valence-corrected chi connectivity index (χ1v) is 10.1. The van der Waals surface area contributed by atoms with Gasteiger partial charge in [0.15, 0.2) is 5.96 Å². The van der Waals surface area contributed by atoms with Crippen LogP contribution in [0.3, 0.4) is 0 Å². The van der Waals surface area contributed by atoms with Crippen molar-refractivity contribution in [1.82, 2.24) is 20.9 Å². The van der Waals surface area contributed by atoms with Gasteiger partial charge in [-0.1, -0.05) is 37.6 Å². The van der Waals surface area contributed by atoms with Gasteiger partial charge in [0, 0.05) is 26.2 Å². The molecule has 7 heteroatoms. The average molecular weight is 396 g/mol. The number of hydrogen-bond donors (Lipinski definition) is 3. The Kier molecular flexibility index (Phi) is 11.5. The molecule has 0 saturated heterocycles. The number of carbonyl (C=O) groups excluding carboxylic acids is 1. The molecule has 1 aromatic carbocycles. The van der Waals surface area contributed by atoms with Crippen molar-refractivity contribution in [3.8, 4) is 0 Å². The minimum Gasteiger partial charge on any atom is -0.355 e. The fourth-order valence-corrected chi connectivity index (χ4v) is 2.98. The van der Waals surface area contributed by atoms with E-state index in [2.05, 4.69) is 46.6 Å². The number of aliphatic imine (C=N–C) groups is 1. The van der Waals surface area contributed by atoms with Crippen LogP contribution in [0.1, 0.15) is 44.0 Å². The number of rotatable bonds is 11. The zero-order valence-corrected chi connectivity index (χ0v) is 17.8. The molecule has 0 radical (unpaired) electrons. The van der Waals surface area contributed by atoms with Gasteiger partial charge in [-0.25, -0.2) is 0 Å². The molecule has 0 bridgehead atoms. The van der Waals surface area contributed by atoms with Crippen LogP contribution in [0.15, 0.2) is 29.3 Å². The van der Waals surface area contributed by atoms with Crippen LogP contribution in [-0.4, -0.2) is 62.6 Å². The zero-order chi connectivity index (χ0) is 20.1. The van der Waals surface area contributed by atoms with Crippen LogP contribution in [0.25, 0.3) is 0 Å². The molecule has 0 aliphatic carbocycles. The van der Waals surface area contributed by atoms with E-state index in [1.54, 1.807) is 31.3 Å². The van der Waals surface area contributed by atoms with Crippen molar-refractivity contribution in [3.63, 3.8) is 0 Å². The lowest BCUT2D eigenvalue weighted by molar-refractivity contribution is 0.0954. The molecule has 0 aliphatic heterocycles. The maximum atomic E-state index is 12.1. The summed E-state index contributed by atoms with van der Waals surface area (Å²) in [7, 11) is 1.75. The Morgan fingerprint density at radius 2 is 1.85 bits per heavy atom. The normalized spacial score (nSPS) is 12.7. The van der Waals surface area contributed by atoms with E-state index in [0.717, 1.165) is 38.4 Å². The predicted octanol–water partition coefficient (Wildman–Crippen LogP) is 2.75. The highest BCUT2D eigenvalue weighted by Crippen LogP contribution is 2.14. The summed E-state index contributed by atoms with van der Waals surface area (Å²) in [6.07, 6.45) is 2.24. The highest BCUT2D eigenvalue weighted by atomic mass is 35.5. The lowest BCUT2D eigenvalue weighted by Crippen LogP contribution is -2.45. The number of amides is 1. The quantitative estimate of drug-likeness (QED) is 0.306. The van der Waals surface area contributed by atoms with Crippen molar-refractivity contribution >= 4 is 23.5 Å². The second-order valence-electron chi connectivity index (χ2n) is 6.45. The lowest BCUT2D eigenvalue weighted by Gasteiger charge is -2.21. The van der Waals surface area contributed by atoms with Gasteiger partial charge in [-0.05, 0) is 51.5 Å². The van der Waals surface area contributed by atoms with Crippen molar-refractivity contribution in [3.05, 3.63) is 34.9 Å². The van der Waals surface area contributed by atoms with E-state index >= 15 is 0 Å². The molecule has 3 N–H and O–H groups in total. The Bertz CT molecular complexity index is 589. The van der Waals surface area contributed by atoms with Gasteiger partial charge in [0.25, 0.3) is 5.91 Å². The first-order valence-electron chi connectivity index (χ1n) is 9.74. The maximum absolute atomic E-state index is 12.1. The minimum absolute atomic E-state index is 0.171. The summed E-state index contributed by atoms with van der Waals surface area (Å²) in [4.78, 5) is 18.8. The number of benzene rings is 1. The molecule has 1 rings (SSSR count). The topological polar surface area (TPSA) is 68.8 Å². The molecule has 6 nitrogen and oxygen atoms in total. The van der Waals surface area contributed by atoms with Gasteiger partial charge in [0.2, 0.25) is 0 Å². The van der Waals surface area contributed by atoms with Gasteiger partial charge in [-0.2, -0.15) is 0 Å². The molecule has 152 valence electrons. The molecule has 1 atom stereocenters. The smallest absolute Gasteiger partial charge is 0.252 e. The first kappa shape index (κ1) is 23.2. The molecule has 27 heavy (non-hydrogen) atoms. The minimum atomic E-state index is -0.171. The molecular weight excluding hydrogens is 362 g/mol. The van der Waals surface area contributed by atoms with E-state index in [1.807, 2.05) is 0 Å². The summed E-state index contributed by atoms with van der Waals surface area (Å²) in [5, 5.41) is 9.93. The van der Waals surface area contributed by atoms with Crippen LogP contribution >= 0.6 is 11.6 Å². The van der Waals surface area contributed by atoms with E-state index < -0.39 is 0 Å². The Balaban J connectivity index is 2.26. The SMILES string of the molecule is CCN(CC)CCCC(C)NC(=NC)NCCNC(=O)c1ccccc1Cl. The summed E-state index contributed by atoms with van der Waals surface area (Å²) in [5.74, 6) is 0.576. The Hall–Kier alpha value is -1.79. The lowest BCUT2D eigenvalue weighted by atomic mass is 10.2. The highest BCUT2D eigenvalue weighted by molar-refractivity contribution is 6.33. The van der Waals surface area contributed by atoms with Gasteiger partial charge in [0.05, 0.1) is 10.6 Å². The second kappa shape index (κ2) is 13.4. The van der Waals surface area contributed by atoms with Gasteiger partial charge in [-0.3, -0.25) is 9.79 Å². The number of hydrogen-bond acceptors (Lipinski definition) is 3. The summed E-state index contributed by atoms with van der Waals surface area (Å²) in [5.41, 5.74) is 0.489. The average Bonchev–Trinajstić information content (AvgIpc) is 2.67. The summed E-state index contributed by atoms with van der Waals surface area (Å²) in [6.45, 7) is 10.9. The number of guanidine groups is 1. The third-order valence-electron chi connectivity index (χ3n) is 4.43. The molecule has 1 aromatic rings. The van der Waals surface area contributed by atoms with Crippen LogP contribution in [0.5, 0.6) is 0 Å². The summed E-state index contributed by atoms with van der Waals surface area (Å²) >= 11 is 6.03. The van der Waals surface area contributed by atoms with Crippen LogP contribution < -0.4 is 16.0 Å². The molecule has 1 unspecified atom stereocenters. The first-order chi connectivity index (χ1) is 13.0. The summed E-state index contributed by atoms with van der Waals surface area (Å²) in [6, 6.07) is 7.36. The molecular formula is C20H34ClN5O. The van der Waals surface area contributed by atoms with Crippen molar-refractivity contribution in [2.24, 2.45) is 4.99 Å². The van der Waals surface area contributed by atoms with Crippen LogP contribution in [0.4, 0.5) is 0 Å². The van der Waals surface area contributed by atoms with E-state index in [0.29, 0.717) is 29.7 Å². The largest absolute Gasteiger partial charge is 0.355 e. The van der Waals surface area contributed by atoms with Crippen molar-refractivity contribution in [2.75, 3.05) is 39.8 Å². The van der Waals surface area contributed by atoms with E-state index in [9.17, 15) is 4.79 Å². The van der Waals surface area contributed by atoms with E-state index in [1.165, 1.54) is 0 Å². The molecule has 0 aromatic heterocycles. The standard InChI is InChI=1S/C20H34ClN5O/c1-5-26(6-2)15-9-10-16(3)25-20(22-4)24-14-13-23-19(27)17-11-7-8-12-18(17)21/h7-8,11-12,16H,5-6,9-10,13-15H2,1-4H3,(H,23,27)(H2,22,24,25). The molecule has 0 spiro atoms. The molecule has 0 aliphatic rings. The van der Waals surface area contributed by atoms with Crippen molar-refractivity contribution in [2.45, 2.75) is 39.7 Å². The molecule has 1 amide bonds. The van der Waals surface area contributed by atoms with Gasteiger partial charge < -0.3 is 20.9 Å². The van der Waals surface area contributed by atoms with Crippen molar-refractivity contribution < 1.29 is 4.79 Å². The molecule has 0 saturated carbocycles. The third-order valence-corrected chi connectivity index (χ3v) is 4.76. The van der Waals surface area contributed by atoms with Crippen LogP contribution in [0.2, 0.25) is 5.02 Å². The Morgan fingerprint density at radius 3 is 2.48 bits per heavy atom. The zero-order valence-electron chi connectivity index (χ0n) is 17.0. The number of halogens is 1. The monoisotopic (exact) mass is 395 g/mol. The number of carbonyl (C=O) groups is 1. The van der Waals surface area contributed by atoms with Crippen molar-refractivity contribution in [1.29, 1.82) is 0 Å². The number of nitrogens with one attached hydrogen (secondary N) is 3. The Morgan fingerprint density at radius 1 is 1.19 bits per heavy atom. The predicted molar refractivity (Wildman–Crippen MR) is 115 cm³/mol. The van der Waals surface area contributed by atoms with Crippen LogP contribution in [-0.2, 0) is 0 Å². The number of nitrogens with zero attached hydrogens (tertiary/aromatic N) is 2. The van der Waals surface area contributed by atoms with Gasteiger partial charge in [0.1, 0.15) is 0 Å². The van der Waals surface area contributed by atoms with E-state index in [4.69, 9.17) is 11.6 Å². The Labute approximate surface area is 168 Å². The van der Waals surface area contributed by atoms with Gasteiger partial charge in [-0.15, -0.1) is 0 Å². The fraction of sp³-hybridized carbons (Fsp3) is 0.600. The van der Waals surface area contributed by atoms with E-state index in [-0.39, 0.29) is 5.91 Å². The molecule has 0 heterocycles. The maximum Gasteiger partial charge on any atom is 0.252 e. The fourth-order valence-electron chi connectivity index (χ4n) is 2.76. The third kappa shape index (κ3) is 9.11.